The van der Waals surface area contributed by atoms with Gasteiger partial charge in [-0.2, -0.15) is 0 Å². The van der Waals surface area contributed by atoms with Crippen molar-refractivity contribution in [1.29, 1.82) is 5.41 Å². The van der Waals surface area contributed by atoms with Gasteiger partial charge in [-0.05, 0) is 30.0 Å². The molecule has 2 aromatic heterocycles. The molecule has 0 radical (unpaired) electrons. The van der Waals surface area contributed by atoms with Crippen LogP contribution >= 0.6 is 28.3 Å². The number of hydrogen-bond donors (Lipinski definition) is 1. The van der Waals surface area contributed by atoms with Crippen LogP contribution in [0.5, 0.6) is 0 Å². The van der Waals surface area contributed by atoms with Crippen LogP contribution in [0.25, 0.3) is 11.0 Å². The van der Waals surface area contributed by atoms with Crippen LogP contribution in [-0.4, -0.2) is 14.9 Å². The molecule has 1 N–H and O–H groups in total. The number of nitrogens with zero attached hydrogens (tertiary/aromatic N) is 2. The Labute approximate surface area is 168 Å². The van der Waals surface area contributed by atoms with Gasteiger partial charge in [-0.15, -0.1) is 28.3 Å². The number of rotatable bonds is 9. The molecule has 0 aliphatic carbocycles. The molecule has 4 nitrogen and oxygen atoms in total. The van der Waals surface area contributed by atoms with Gasteiger partial charge in [-0.3, -0.25) is 10.2 Å². The van der Waals surface area contributed by atoms with Crippen LogP contribution in [0.3, 0.4) is 0 Å². The van der Waals surface area contributed by atoms with Crippen molar-refractivity contribution in [2.24, 2.45) is 0 Å². The van der Waals surface area contributed by atoms with Crippen molar-refractivity contribution >= 4 is 45.1 Å². The maximum atomic E-state index is 12.5. The fourth-order valence-corrected chi connectivity index (χ4v) is 3.87. The predicted octanol–water partition coefficient (Wildman–Crippen LogP) is 5.41. The largest absolute Gasteiger partial charge is 0.310 e. The molecule has 3 rings (SSSR count). The lowest BCUT2D eigenvalue weighted by Crippen LogP contribution is -2.27. The quantitative estimate of drug-likeness (QED) is 0.354. The van der Waals surface area contributed by atoms with Gasteiger partial charge in [0.1, 0.15) is 0 Å². The number of fused-ring (bicyclic) bond motifs is 1. The lowest BCUT2D eigenvalue weighted by molar-refractivity contribution is 0.0975. The minimum atomic E-state index is 0. The van der Waals surface area contributed by atoms with Gasteiger partial charge in [0.05, 0.1) is 22.5 Å². The highest BCUT2D eigenvalue weighted by Gasteiger charge is 2.14. The second-order valence-electron chi connectivity index (χ2n) is 6.36. The highest BCUT2D eigenvalue weighted by Crippen LogP contribution is 2.16. The summed E-state index contributed by atoms with van der Waals surface area (Å²) in [6.07, 6.45) is 6.02. The number of benzene rings is 1. The fraction of sp³-hybridized carbons (Fsp3) is 0.400. The van der Waals surface area contributed by atoms with E-state index in [1.54, 1.807) is 0 Å². The number of nitrogens with one attached hydrogen (secondary N) is 1. The van der Waals surface area contributed by atoms with Crippen molar-refractivity contribution in [2.45, 2.75) is 52.1 Å². The van der Waals surface area contributed by atoms with Crippen LogP contribution in [0.15, 0.2) is 41.8 Å². The Morgan fingerprint density at radius 1 is 1.00 bits per heavy atom. The van der Waals surface area contributed by atoms with Crippen LogP contribution in [-0.2, 0) is 13.1 Å². The van der Waals surface area contributed by atoms with Crippen molar-refractivity contribution in [3.8, 4) is 0 Å². The third kappa shape index (κ3) is 4.54. The smallest absolute Gasteiger partial charge is 0.203 e. The summed E-state index contributed by atoms with van der Waals surface area (Å²) in [7, 11) is 0. The number of ketones is 1. The number of Topliss-reactive ketones (excluding diaryl/α,β-unsaturated/α-hetero) is 1. The molecule has 0 fully saturated rings. The Morgan fingerprint density at radius 2 is 1.69 bits per heavy atom. The van der Waals surface area contributed by atoms with E-state index in [1.807, 2.05) is 50.9 Å². The number of hydrogen-bond acceptors (Lipinski definition) is 3. The first-order chi connectivity index (χ1) is 12.2. The van der Waals surface area contributed by atoms with E-state index in [0.717, 1.165) is 28.9 Å². The molecule has 0 saturated carbocycles. The highest BCUT2D eigenvalue weighted by atomic mass is 79.9. The zero-order valence-corrected chi connectivity index (χ0v) is 17.6. The minimum absolute atomic E-state index is 0. The Bertz CT molecular complexity index is 896. The molecule has 0 aliphatic heterocycles. The van der Waals surface area contributed by atoms with Gasteiger partial charge < -0.3 is 9.13 Å². The summed E-state index contributed by atoms with van der Waals surface area (Å²) in [5.41, 5.74) is 2.43. The molecule has 0 atom stereocenters. The number of unbranched alkanes of at least 4 members (excludes halogenated alkanes) is 4. The summed E-state index contributed by atoms with van der Waals surface area (Å²) in [5.74, 6) is 0.0688. The zero-order valence-electron chi connectivity index (χ0n) is 15.1. The Balaban J connectivity index is 0.00000243. The van der Waals surface area contributed by atoms with E-state index in [2.05, 4.69) is 6.92 Å². The second-order valence-corrected chi connectivity index (χ2v) is 7.31. The van der Waals surface area contributed by atoms with E-state index in [1.165, 1.54) is 37.0 Å². The standard InChI is InChI=1S/C20H25N3OS.BrH/c1-2-3-4-5-8-13-22-16-10-6-7-11-17(16)23(20(22)21)15-18(24)19-12-9-14-25-19;/h6-7,9-12,14,21H,2-5,8,13,15H2,1H3;1H. The van der Waals surface area contributed by atoms with Gasteiger partial charge in [-0.25, -0.2) is 0 Å². The van der Waals surface area contributed by atoms with E-state index in [-0.39, 0.29) is 29.3 Å². The molecule has 2 heterocycles. The molecule has 3 aromatic rings. The number of carbonyl (C=O) groups excluding carboxylic acids is 1. The number of carbonyl (C=O) groups is 1. The first-order valence-electron chi connectivity index (χ1n) is 9.01. The van der Waals surface area contributed by atoms with Gasteiger partial charge in [0, 0.05) is 6.54 Å². The monoisotopic (exact) mass is 435 g/mol. The zero-order chi connectivity index (χ0) is 17.6. The molecule has 140 valence electrons. The van der Waals surface area contributed by atoms with Crippen molar-refractivity contribution in [3.63, 3.8) is 0 Å². The Kier molecular flexibility index (Phi) is 7.85. The van der Waals surface area contributed by atoms with E-state index in [9.17, 15) is 4.79 Å². The molecule has 1 aromatic carbocycles. The van der Waals surface area contributed by atoms with Crippen LogP contribution in [0.4, 0.5) is 0 Å². The molecule has 0 bridgehead atoms. The van der Waals surface area contributed by atoms with E-state index < -0.39 is 0 Å². The van der Waals surface area contributed by atoms with Gasteiger partial charge in [0.2, 0.25) is 5.62 Å². The second kappa shape index (κ2) is 9.88. The Morgan fingerprint density at radius 3 is 2.35 bits per heavy atom. The average molecular weight is 436 g/mol. The topological polar surface area (TPSA) is 50.8 Å². The van der Waals surface area contributed by atoms with Crippen LogP contribution in [0, 0.1) is 5.41 Å². The summed E-state index contributed by atoms with van der Waals surface area (Å²) < 4.78 is 3.88. The van der Waals surface area contributed by atoms with Crippen molar-refractivity contribution in [2.75, 3.05) is 0 Å². The molecule has 0 spiro atoms. The molecule has 0 aliphatic rings. The first kappa shape index (κ1) is 20.6. The van der Waals surface area contributed by atoms with Gasteiger partial charge >= 0.3 is 0 Å². The van der Waals surface area contributed by atoms with Gasteiger partial charge in [-0.1, -0.05) is 50.8 Å². The molecular formula is C20H26BrN3OS. The number of halogens is 1. The van der Waals surface area contributed by atoms with Gasteiger partial charge in [0.15, 0.2) is 5.78 Å². The van der Waals surface area contributed by atoms with Crippen LogP contribution in [0.1, 0.15) is 48.7 Å². The number of imidazole rings is 1. The number of para-hydroxylation sites is 2. The predicted molar refractivity (Wildman–Crippen MR) is 114 cm³/mol. The molecular weight excluding hydrogens is 410 g/mol. The summed E-state index contributed by atoms with van der Waals surface area (Å²) in [5, 5.41) is 10.5. The van der Waals surface area contributed by atoms with Crippen molar-refractivity contribution in [3.05, 3.63) is 52.3 Å². The molecule has 0 saturated heterocycles. The Hall–Kier alpha value is -1.66. The lowest BCUT2D eigenvalue weighted by atomic mass is 10.1. The minimum Gasteiger partial charge on any atom is -0.310 e. The summed E-state index contributed by atoms with van der Waals surface area (Å²) in [6.45, 7) is 3.28. The summed E-state index contributed by atoms with van der Waals surface area (Å²) in [6, 6.07) is 11.8. The van der Waals surface area contributed by atoms with Crippen molar-refractivity contribution < 1.29 is 4.79 Å². The normalized spacial score (nSPS) is 10.8. The number of aryl methyl sites for hydroxylation is 1. The molecule has 6 heteroatoms. The summed E-state index contributed by atoms with van der Waals surface area (Å²) in [4.78, 5) is 13.3. The third-order valence-electron chi connectivity index (χ3n) is 4.56. The molecule has 26 heavy (non-hydrogen) atoms. The maximum Gasteiger partial charge on any atom is 0.203 e. The van der Waals surface area contributed by atoms with E-state index >= 15 is 0 Å². The summed E-state index contributed by atoms with van der Waals surface area (Å²) >= 11 is 1.46. The molecule has 0 amide bonds. The van der Waals surface area contributed by atoms with E-state index in [4.69, 9.17) is 5.41 Å². The lowest BCUT2D eigenvalue weighted by Gasteiger charge is -2.04. The highest BCUT2D eigenvalue weighted by molar-refractivity contribution is 8.93. The van der Waals surface area contributed by atoms with Crippen LogP contribution < -0.4 is 5.62 Å². The van der Waals surface area contributed by atoms with Crippen LogP contribution in [0.2, 0.25) is 0 Å². The third-order valence-corrected chi connectivity index (χ3v) is 5.47. The van der Waals surface area contributed by atoms with Crippen molar-refractivity contribution in [1.82, 2.24) is 9.13 Å². The fourth-order valence-electron chi connectivity index (χ4n) is 3.21. The first-order valence-corrected chi connectivity index (χ1v) is 9.89. The van der Waals surface area contributed by atoms with Gasteiger partial charge in [0.25, 0.3) is 0 Å². The SMILES string of the molecule is Br.CCCCCCCn1c(=N)n(CC(=O)c2cccs2)c2ccccc21. The maximum absolute atomic E-state index is 12.5. The number of aromatic nitrogens is 2. The average Bonchev–Trinajstić information content (AvgIpc) is 3.24. The van der Waals surface area contributed by atoms with E-state index in [0.29, 0.717) is 5.62 Å². The number of thiophene rings is 1. The molecule has 0 unspecified atom stereocenters.